The van der Waals surface area contributed by atoms with Crippen molar-refractivity contribution in [3.8, 4) is 0 Å². The molecule has 3 heterocycles. The van der Waals surface area contributed by atoms with Crippen molar-refractivity contribution >= 4 is 55.7 Å². The van der Waals surface area contributed by atoms with Crippen molar-refractivity contribution in [3.05, 3.63) is 67.9 Å². The first-order valence-electron chi connectivity index (χ1n) is 10.0. The number of aromatic nitrogens is 3. The average molecular weight is 469 g/mol. The molecule has 0 saturated heterocycles. The van der Waals surface area contributed by atoms with E-state index in [1.54, 1.807) is 15.9 Å². The lowest BCUT2D eigenvalue weighted by molar-refractivity contribution is -0.113. The van der Waals surface area contributed by atoms with Gasteiger partial charge in [0.2, 0.25) is 5.91 Å². The van der Waals surface area contributed by atoms with Crippen molar-refractivity contribution < 1.29 is 4.79 Å². The Bertz CT molecular complexity index is 1320. The highest BCUT2D eigenvalue weighted by Gasteiger charge is 2.23. The second kappa shape index (κ2) is 8.57. The summed E-state index contributed by atoms with van der Waals surface area (Å²) >= 11 is 4.45. The number of carbonyl (C=O) groups excluding carboxylic acids is 1. The molecule has 0 spiro atoms. The van der Waals surface area contributed by atoms with Crippen LogP contribution in [0.3, 0.4) is 0 Å². The van der Waals surface area contributed by atoms with Gasteiger partial charge in [-0.15, -0.1) is 11.3 Å². The second-order valence-electron chi connectivity index (χ2n) is 7.47. The smallest absolute Gasteiger partial charge is 0.301 e. The Hall–Kier alpha value is -2.49. The van der Waals surface area contributed by atoms with Gasteiger partial charge in [-0.25, -0.2) is 9.78 Å². The zero-order chi connectivity index (χ0) is 21.4. The Labute approximate surface area is 191 Å². The summed E-state index contributed by atoms with van der Waals surface area (Å²) < 4.78 is 2.85. The second-order valence-corrected chi connectivity index (χ2v) is 10.5. The highest BCUT2D eigenvalue weighted by molar-refractivity contribution is 8.00. The highest BCUT2D eigenvalue weighted by atomic mass is 32.2. The molecule has 1 aliphatic carbocycles. The fourth-order valence-electron chi connectivity index (χ4n) is 3.80. The van der Waals surface area contributed by atoms with Gasteiger partial charge in [-0.1, -0.05) is 35.2 Å². The van der Waals surface area contributed by atoms with Crippen LogP contribution in [-0.4, -0.2) is 26.2 Å². The standard InChI is InChI=1S/C22H20N4O2S3/c1-13-7-8-16-18(10-13)31-21(23-16)24-19(27)12-30-20-15-5-2-6-17(15)26(22(28)25-20)11-14-4-3-9-29-14/h3-4,7-10H,2,5-6,11-12H2,1H3,(H,23,24,27). The molecule has 1 amide bonds. The zero-order valence-electron chi connectivity index (χ0n) is 16.9. The van der Waals surface area contributed by atoms with Crippen molar-refractivity contribution in [2.45, 2.75) is 37.8 Å². The van der Waals surface area contributed by atoms with Gasteiger partial charge in [-0.05, 0) is 55.3 Å². The molecule has 0 unspecified atom stereocenters. The third kappa shape index (κ3) is 4.30. The van der Waals surface area contributed by atoms with Gasteiger partial charge in [0.25, 0.3) is 0 Å². The van der Waals surface area contributed by atoms with E-state index in [9.17, 15) is 9.59 Å². The van der Waals surface area contributed by atoms with Crippen LogP contribution in [-0.2, 0) is 24.2 Å². The molecule has 0 fully saturated rings. The number of anilines is 1. The Morgan fingerprint density at radius 2 is 2.16 bits per heavy atom. The summed E-state index contributed by atoms with van der Waals surface area (Å²) in [6, 6.07) is 10.1. The first-order valence-corrected chi connectivity index (χ1v) is 12.7. The van der Waals surface area contributed by atoms with E-state index < -0.39 is 0 Å². The first-order chi connectivity index (χ1) is 15.1. The molecule has 31 heavy (non-hydrogen) atoms. The molecule has 0 atom stereocenters. The van der Waals surface area contributed by atoms with Gasteiger partial charge in [0.15, 0.2) is 5.13 Å². The van der Waals surface area contributed by atoms with Crippen LogP contribution in [0.5, 0.6) is 0 Å². The maximum Gasteiger partial charge on any atom is 0.349 e. The maximum atomic E-state index is 12.7. The van der Waals surface area contributed by atoms with Gasteiger partial charge in [-0.2, -0.15) is 4.98 Å². The number of aryl methyl sites for hydroxylation is 1. The summed E-state index contributed by atoms with van der Waals surface area (Å²) in [7, 11) is 0. The lowest BCUT2D eigenvalue weighted by Gasteiger charge is -2.13. The lowest BCUT2D eigenvalue weighted by Crippen LogP contribution is -2.27. The fraction of sp³-hybridized carbons (Fsp3) is 0.273. The molecule has 158 valence electrons. The molecule has 3 aromatic heterocycles. The summed E-state index contributed by atoms with van der Waals surface area (Å²) in [5.41, 5.74) is 3.99. The van der Waals surface area contributed by atoms with Crippen molar-refractivity contribution in [2.75, 3.05) is 11.1 Å². The number of carbonyl (C=O) groups is 1. The summed E-state index contributed by atoms with van der Waals surface area (Å²) in [5, 5.41) is 6.18. The molecule has 0 aliphatic heterocycles. The van der Waals surface area contributed by atoms with E-state index in [4.69, 9.17) is 0 Å². The fourth-order valence-corrected chi connectivity index (χ4v) is 6.35. The molecule has 0 saturated carbocycles. The summed E-state index contributed by atoms with van der Waals surface area (Å²) in [5.74, 6) is 0.0556. The van der Waals surface area contributed by atoms with E-state index in [0.717, 1.165) is 45.6 Å². The van der Waals surface area contributed by atoms with Crippen LogP contribution in [0.15, 0.2) is 45.5 Å². The van der Waals surface area contributed by atoms with Crippen molar-refractivity contribution in [2.24, 2.45) is 0 Å². The molecular weight excluding hydrogens is 448 g/mol. The number of nitrogens with one attached hydrogen (secondary N) is 1. The number of rotatable bonds is 6. The number of hydrogen-bond acceptors (Lipinski definition) is 7. The monoisotopic (exact) mass is 468 g/mol. The van der Waals surface area contributed by atoms with Gasteiger partial charge in [0.05, 0.1) is 22.5 Å². The molecule has 0 bridgehead atoms. The van der Waals surface area contributed by atoms with E-state index in [-0.39, 0.29) is 17.3 Å². The topological polar surface area (TPSA) is 76.9 Å². The highest BCUT2D eigenvalue weighted by Crippen LogP contribution is 2.30. The third-order valence-electron chi connectivity index (χ3n) is 5.23. The van der Waals surface area contributed by atoms with Crippen molar-refractivity contribution in [3.63, 3.8) is 0 Å². The number of thioether (sulfide) groups is 1. The number of amides is 1. The number of hydrogen-bond donors (Lipinski definition) is 1. The number of thiazole rings is 1. The van der Waals surface area contributed by atoms with Crippen LogP contribution in [0.25, 0.3) is 10.2 Å². The van der Waals surface area contributed by atoms with Crippen LogP contribution in [0.2, 0.25) is 0 Å². The minimum atomic E-state index is -0.237. The number of benzene rings is 1. The zero-order valence-corrected chi connectivity index (χ0v) is 19.3. The van der Waals surface area contributed by atoms with Gasteiger partial charge in [-0.3, -0.25) is 9.36 Å². The Morgan fingerprint density at radius 3 is 3.00 bits per heavy atom. The van der Waals surface area contributed by atoms with Gasteiger partial charge < -0.3 is 5.32 Å². The summed E-state index contributed by atoms with van der Waals surface area (Å²) in [6.45, 7) is 2.60. The molecule has 1 aromatic carbocycles. The quantitative estimate of drug-likeness (QED) is 0.333. The van der Waals surface area contributed by atoms with E-state index in [1.165, 1.54) is 28.7 Å². The Morgan fingerprint density at radius 1 is 1.26 bits per heavy atom. The van der Waals surface area contributed by atoms with Crippen LogP contribution < -0.4 is 11.0 Å². The van der Waals surface area contributed by atoms with Gasteiger partial charge in [0, 0.05) is 16.1 Å². The normalized spacial score (nSPS) is 12.9. The van der Waals surface area contributed by atoms with E-state index in [1.807, 2.05) is 36.6 Å². The lowest BCUT2D eigenvalue weighted by atomic mass is 10.2. The van der Waals surface area contributed by atoms with Crippen LogP contribution in [0, 0.1) is 6.92 Å². The third-order valence-corrected chi connectivity index (χ3v) is 8.04. The molecule has 4 aromatic rings. The minimum absolute atomic E-state index is 0.142. The molecule has 1 N–H and O–H groups in total. The summed E-state index contributed by atoms with van der Waals surface area (Å²) in [4.78, 5) is 35.2. The molecule has 9 heteroatoms. The van der Waals surface area contributed by atoms with Gasteiger partial charge in [0.1, 0.15) is 5.03 Å². The average Bonchev–Trinajstić information content (AvgIpc) is 3.48. The van der Waals surface area contributed by atoms with E-state index in [0.29, 0.717) is 16.7 Å². The molecule has 6 nitrogen and oxygen atoms in total. The largest absolute Gasteiger partial charge is 0.349 e. The predicted octanol–water partition coefficient (Wildman–Crippen LogP) is 4.49. The molecule has 5 rings (SSSR count). The number of nitrogens with zero attached hydrogens (tertiary/aromatic N) is 3. The van der Waals surface area contributed by atoms with E-state index in [2.05, 4.69) is 21.4 Å². The SMILES string of the molecule is Cc1ccc2nc(NC(=O)CSc3nc(=O)n(Cc4cccs4)c4c3CCC4)sc2c1. The van der Waals surface area contributed by atoms with Crippen LogP contribution in [0.4, 0.5) is 5.13 Å². The van der Waals surface area contributed by atoms with Gasteiger partial charge >= 0.3 is 5.69 Å². The Balaban J connectivity index is 1.30. The van der Waals surface area contributed by atoms with Crippen molar-refractivity contribution in [1.82, 2.24) is 14.5 Å². The number of thiophene rings is 1. The molecular formula is C22H20N4O2S3. The first kappa shape index (κ1) is 20.4. The predicted molar refractivity (Wildman–Crippen MR) is 128 cm³/mol. The summed E-state index contributed by atoms with van der Waals surface area (Å²) in [6.07, 6.45) is 2.79. The van der Waals surface area contributed by atoms with E-state index >= 15 is 0 Å². The molecule has 1 aliphatic rings. The number of fused-ring (bicyclic) bond motifs is 2. The van der Waals surface area contributed by atoms with Crippen LogP contribution in [0.1, 0.15) is 28.1 Å². The minimum Gasteiger partial charge on any atom is -0.301 e. The maximum absolute atomic E-state index is 12.7. The van der Waals surface area contributed by atoms with Crippen molar-refractivity contribution in [1.29, 1.82) is 0 Å². The molecule has 0 radical (unpaired) electrons. The Kier molecular flexibility index (Phi) is 5.64. The van der Waals surface area contributed by atoms with Crippen LogP contribution >= 0.6 is 34.4 Å².